The number of hydrogen-bond donors (Lipinski definition) is 0. The number of hydrogen-bond acceptors (Lipinski definition) is 12. The Morgan fingerprint density at radius 2 is 0.775 bits per heavy atom. The molecule has 0 spiro atoms. The first-order valence-corrected chi connectivity index (χ1v) is 24.7. The van der Waals surface area contributed by atoms with E-state index in [1.165, 1.54) is 8.75 Å². The van der Waals surface area contributed by atoms with Crippen LogP contribution in [0.3, 0.4) is 0 Å². The zero-order valence-corrected chi connectivity index (χ0v) is 33.2. The molecule has 8 nitrogen and oxygen atoms in total. The van der Waals surface area contributed by atoms with Crippen LogP contribution in [0.4, 0.5) is 0 Å². The van der Waals surface area contributed by atoms with Crippen molar-refractivity contribution in [1.29, 1.82) is 0 Å². The van der Waals surface area contributed by atoms with E-state index >= 15 is 0 Å². The second-order valence-corrected chi connectivity index (χ2v) is 22.3. The second kappa shape index (κ2) is 25.9. The maximum atomic E-state index is 6.00. The van der Waals surface area contributed by atoms with Crippen molar-refractivity contribution in [3.8, 4) is 0 Å². The molecule has 0 heterocycles. The first-order chi connectivity index (χ1) is 19.2. The average molecular weight is 715 g/mol. The van der Waals surface area contributed by atoms with Crippen LogP contribution in [0.1, 0.15) is 54.4 Å². The van der Waals surface area contributed by atoms with Gasteiger partial charge in [0.15, 0.2) is 0 Å². The Bertz CT molecular complexity index is 627. The Kier molecular flexibility index (Phi) is 27.0. The minimum atomic E-state index is -2.57. The van der Waals surface area contributed by atoms with Gasteiger partial charge in [-0.2, -0.15) is 0 Å². The van der Waals surface area contributed by atoms with Gasteiger partial charge in [0.1, 0.15) is 28.2 Å². The second-order valence-electron chi connectivity index (χ2n) is 8.49. The van der Waals surface area contributed by atoms with Gasteiger partial charge in [-0.1, -0.05) is 0 Å². The van der Waals surface area contributed by atoms with Crippen molar-refractivity contribution in [1.82, 2.24) is 0 Å². The van der Waals surface area contributed by atoms with Crippen LogP contribution in [0.25, 0.3) is 0 Å². The number of rotatable bonds is 23. The molecule has 0 saturated carbocycles. The fraction of sp³-hybridized carbons (Fsp3) is 0.917. The summed E-state index contributed by atoms with van der Waals surface area (Å²) in [6.07, 6.45) is 1.99. The summed E-state index contributed by atoms with van der Waals surface area (Å²) in [5.74, 6) is 2.00. The van der Waals surface area contributed by atoms with E-state index in [-0.39, 0.29) is 0 Å². The van der Waals surface area contributed by atoms with Gasteiger partial charge in [0.2, 0.25) is 0 Å². The molecule has 0 unspecified atom stereocenters. The highest BCUT2D eigenvalue weighted by molar-refractivity contribution is 9.30. The Morgan fingerprint density at radius 3 is 1.00 bits per heavy atom. The highest BCUT2D eigenvalue weighted by Crippen LogP contribution is 2.47. The normalized spacial score (nSPS) is 12.2. The lowest BCUT2D eigenvalue weighted by Gasteiger charge is -2.28. The third kappa shape index (κ3) is 18.4. The summed E-state index contributed by atoms with van der Waals surface area (Å²) < 4.78 is 43.0. The minimum absolute atomic E-state index is 0.621. The molecule has 0 aromatic rings. The third-order valence-electron chi connectivity index (χ3n) is 4.86. The molecule has 0 radical (unpaired) electrons. The highest BCUT2D eigenvalue weighted by atomic mass is 33.7. The van der Waals surface area contributed by atoms with Gasteiger partial charge in [-0.3, -0.25) is 0 Å². The molecule has 0 aliphatic rings. The van der Waals surface area contributed by atoms with Crippen molar-refractivity contribution in [3.63, 3.8) is 0 Å². The van der Waals surface area contributed by atoms with Gasteiger partial charge in [-0.05, 0) is 97.6 Å². The molecule has 238 valence electrons. The van der Waals surface area contributed by atoms with Crippen molar-refractivity contribution < 1.29 is 35.7 Å². The summed E-state index contributed by atoms with van der Waals surface area (Å²) in [5, 5.41) is 0. The Labute approximate surface area is 270 Å². The molecular weight excluding hydrogens is 661 g/mol. The summed E-state index contributed by atoms with van der Waals surface area (Å²) >= 11 is 3.77. The van der Waals surface area contributed by atoms with Gasteiger partial charge in [-0.25, -0.2) is 9.15 Å². The van der Waals surface area contributed by atoms with E-state index in [9.17, 15) is 0 Å². The largest absolute Gasteiger partial charge is 0.500 e. The van der Waals surface area contributed by atoms with E-state index in [4.69, 9.17) is 26.6 Å². The summed E-state index contributed by atoms with van der Waals surface area (Å²) in [6, 6.07) is 1.70. The van der Waals surface area contributed by atoms with Crippen LogP contribution in [-0.2, 0) is 26.6 Å². The molecule has 0 N–H and O–H groups in total. The summed E-state index contributed by atoms with van der Waals surface area (Å²) in [7, 11) is 10.5. The molecule has 0 aliphatic carbocycles. The zero-order chi connectivity index (χ0) is 30.3. The maximum Gasteiger partial charge on any atom is 0.500 e. The third-order valence-corrected chi connectivity index (χ3v) is 21.2. The van der Waals surface area contributed by atoms with E-state index in [1.54, 1.807) is 19.7 Å². The molecule has 0 atom stereocenters. The van der Waals surface area contributed by atoms with Gasteiger partial charge in [0.25, 0.3) is 8.75 Å². The first-order valence-electron chi connectivity index (χ1n) is 14.0. The van der Waals surface area contributed by atoms with Crippen LogP contribution >= 0.6 is 64.8 Å². The standard InChI is InChI=1S/C24H54N2O6S6Si2/c1-11-27-39(28-12-2,29-13-3)21-17-19-33-23(25(7)8)35-37-38-36-24(26(9)10)34-20-18-22-40(30-14-4,31-15-5)32-16-6/h11-22H2,1-10H3/q+2. The Morgan fingerprint density at radius 1 is 0.500 bits per heavy atom. The SMILES string of the molecule is CCO[Si](CCCSC(SSSSC(SCCC[Si](OCC)(OCC)OCC)=[N+](C)C)=[N+](C)C)(OCC)OCC. The van der Waals surface area contributed by atoms with Crippen LogP contribution in [0.5, 0.6) is 0 Å². The summed E-state index contributed by atoms with van der Waals surface area (Å²) in [5.41, 5.74) is 0. The van der Waals surface area contributed by atoms with Crippen molar-refractivity contribution in [2.75, 3.05) is 79.3 Å². The molecule has 0 amide bonds. The van der Waals surface area contributed by atoms with Crippen LogP contribution in [0.15, 0.2) is 0 Å². The van der Waals surface area contributed by atoms with Gasteiger partial charge < -0.3 is 26.6 Å². The van der Waals surface area contributed by atoms with E-state index < -0.39 is 17.6 Å². The topological polar surface area (TPSA) is 61.4 Å². The first kappa shape index (κ1) is 41.6. The summed E-state index contributed by atoms with van der Waals surface area (Å²) in [4.78, 5) is 0. The highest BCUT2D eigenvalue weighted by Gasteiger charge is 2.40. The van der Waals surface area contributed by atoms with E-state index in [0.717, 1.165) is 36.4 Å². The minimum Gasteiger partial charge on any atom is -0.374 e. The van der Waals surface area contributed by atoms with E-state index in [2.05, 4.69) is 37.3 Å². The zero-order valence-electron chi connectivity index (χ0n) is 26.3. The van der Waals surface area contributed by atoms with E-state index in [0.29, 0.717) is 39.6 Å². The van der Waals surface area contributed by atoms with E-state index in [1.807, 2.05) is 86.7 Å². The molecule has 0 fully saturated rings. The lowest BCUT2D eigenvalue weighted by molar-refractivity contribution is -0.458. The van der Waals surface area contributed by atoms with Crippen molar-refractivity contribution >= 4 is 91.1 Å². The van der Waals surface area contributed by atoms with Crippen LogP contribution in [0, 0.1) is 0 Å². The molecule has 0 rings (SSSR count). The number of nitrogens with zero attached hydrogens (tertiary/aromatic N) is 2. The van der Waals surface area contributed by atoms with Gasteiger partial charge in [0, 0.05) is 84.8 Å². The lowest BCUT2D eigenvalue weighted by Crippen LogP contribution is -2.46. The molecule has 16 heteroatoms. The summed E-state index contributed by atoms with van der Waals surface area (Å²) in [6.45, 7) is 15.8. The molecule has 40 heavy (non-hydrogen) atoms. The van der Waals surface area contributed by atoms with Crippen molar-refractivity contribution in [3.05, 3.63) is 0 Å². The Hall–Kier alpha value is 1.63. The van der Waals surface area contributed by atoms with Crippen LogP contribution in [0.2, 0.25) is 12.1 Å². The molecule has 0 saturated heterocycles. The maximum absolute atomic E-state index is 6.00. The van der Waals surface area contributed by atoms with Crippen molar-refractivity contribution in [2.45, 2.75) is 66.5 Å². The van der Waals surface area contributed by atoms with Gasteiger partial charge >= 0.3 is 17.6 Å². The van der Waals surface area contributed by atoms with Crippen LogP contribution < -0.4 is 0 Å². The lowest BCUT2D eigenvalue weighted by atomic mass is 10.6. The monoisotopic (exact) mass is 714 g/mol. The molecule has 0 aromatic carbocycles. The van der Waals surface area contributed by atoms with Crippen LogP contribution in [-0.4, -0.2) is 115 Å². The number of thioether (sulfide) groups is 2. The predicted octanol–water partition coefficient (Wildman–Crippen LogP) is 7.26. The van der Waals surface area contributed by atoms with Gasteiger partial charge in [0.05, 0.1) is 0 Å². The predicted molar refractivity (Wildman–Crippen MR) is 190 cm³/mol. The average Bonchev–Trinajstić information content (AvgIpc) is 2.89. The fourth-order valence-corrected chi connectivity index (χ4v) is 18.8. The quantitative estimate of drug-likeness (QED) is 0.0267. The fourth-order valence-electron chi connectivity index (χ4n) is 3.44. The van der Waals surface area contributed by atoms with Crippen molar-refractivity contribution in [2.24, 2.45) is 0 Å². The smallest absolute Gasteiger partial charge is 0.374 e. The molecular formula is C24H54N2O6S6Si2+2. The molecule has 0 aliphatic heterocycles. The Balaban J connectivity index is 4.66. The molecule has 0 bridgehead atoms. The molecule has 0 aromatic heterocycles. The van der Waals surface area contributed by atoms with Gasteiger partial charge in [-0.15, -0.1) is 0 Å².